The Morgan fingerprint density at radius 2 is 1.68 bits per heavy atom. The van der Waals surface area contributed by atoms with Crippen LogP contribution in [0.4, 0.5) is 5.69 Å². The van der Waals surface area contributed by atoms with Gasteiger partial charge in [-0.05, 0) is 54.1 Å². The first-order chi connectivity index (χ1) is 18.3. The molecule has 0 bridgehead atoms. The first-order valence-corrected chi connectivity index (χ1v) is 13.6. The van der Waals surface area contributed by atoms with Crippen molar-refractivity contribution in [3.63, 3.8) is 0 Å². The molecule has 0 saturated carbocycles. The van der Waals surface area contributed by atoms with E-state index in [0.717, 1.165) is 37.6 Å². The van der Waals surface area contributed by atoms with Crippen LogP contribution in [0, 0.1) is 11.8 Å². The van der Waals surface area contributed by atoms with Gasteiger partial charge in [0, 0.05) is 72.3 Å². The fourth-order valence-corrected chi connectivity index (χ4v) is 5.41. The van der Waals surface area contributed by atoms with Crippen molar-refractivity contribution in [1.29, 1.82) is 0 Å². The van der Waals surface area contributed by atoms with E-state index in [0.29, 0.717) is 32.6 Å². The van der Waals surface area contributed by atoms with Crippen molar-refractivity contribution >= 4 is 39.5 Å². The van der Waals surface area contributed by atoms with Crippen LogP contribution in [0.5, 0.6) is 0 Å². The maximum absolute atomic E-state index is 12.3. The number of rotatable bonds is 8. The lowest BCUT2D eigenvalue weighted by Crippen LogP contribution is -2.57. The summed E-state index contributed by atoms with van der Waals surface area (Å²) in [5, 5.41) is 12.7. The quantitative estimate of drug-likeness (QED) is 0.267. The van der Waals surface area contributed by atoms with Gasteiger partial charge in [0.2, 0.25) is 0 Å². The Morgan fingerprint density at radius 3 is 2.32 bits per heavy atom. The molecule has 9 heteroatoms. The van der Waals surface area contributed by atoms with Gasteiger partial charge in [0.15, 0.2) is 5.78 Å². The highest BCUT2D eigenvalue weighted by atomic mass is 32.2. The Bertz CT molecular complexity index is 1410. The van der Waals surface area contributed by atoms with Crippen LogP contribution in [0.1, 0.15) is 48.2 Å². The number of ketones is 1. The molecule has 2 atom stereocenters. The minimum atomic E-state index is -2.54. The number of carbonyl (C=O) groups excluding carboxylic acids is 1. The third-order valence-electron chi connectivity index (χ3n) is 6.62. The highest BCUT2D eigenvalue weighted by Gasteiger charge is 2.28. The molecule has 198 valence electrons. The van der Waals surface area contributed by atoms with Gasteiger partial charge in [-0.25, -0.2) is 5.01 Å². The summed E-state index contributed by atoms with van der Waals surface area (Å²) in [6, 6.07) is 18.9. The van der Waals surface area contributed by atoms with Crippen LogP contribution in [0.3, 0.4) is 0 Å². The van der Waals surface area contributed by atoms with E-state index in [-0.39, 0.29) is 12.2 Å². The smallest absolute Gasteiger partial charge is 0.305 e. The Hall–Kier alpha value is -3.55. The summed E-state index contributed by atoms with van der Waals surface area (Å²) in [5.41, 5.74) is 3.43. The number of hydrogen-bond donors (Lipinski definition) is 1. The van der Waals surface area contributed by atoms with Crippen molar-refractivity contribution in [1.82, 2.24) is 9.42 Å². The summed E-state index contributed by atoms with van der Waals surface area (Å²) >= 11 is -2.54. The summed E-state index contributed by atoms with van der Waals surface area (Å²) in [5.74, 6) is 5.47. The molecule has 1 saturated heterocycles. The van der Waals surface area contributed by atoms with E-state index >= 15 is 0 Å². The molecular weight excluding hydrogens is 502 g/mol. The normalized spacial score (nSPS) is 15.6. The lowest BCUT2D eigenvalue weighted by atomic mass is 9.98. The fourth-order valence-electron chi connectivity index (χ4n) is 4.69. The van der Waals surface area contributed by atoms with Gasteiger partial charge < -0.3 is 14.6 Å². The van der Waals surface area contributed by atoms with Gasteiger partial charge in [0.1, 0.15) is 0 Å². The van der Waals surface area contributed by atoms with Crippen LogP contribution in [-0.2, 0) is 16.1 Å². The van der Waals surface area contributed by atoms with Crippen LogP contribution in [0.2, 0.25) is 0 Å². The Morgan fingerprint density at radius 1 is 1.03 bits per heavy atom. The van der Waals surface area contributed by atoms with E-state index in [1.807, 2.05) is 67.6 Å². The van der Waals surface area contributed by atoms with E-state index in [1.165, 1.54) is 0 Å². The Balaban J connectivity index is 1.42. The van der Waals surface area contributed by atoms with Crippen molar-refractivity contribution in [2.45, 2.75) is 32.7 Å². The van der Waals surface area contributed by atoms with Crippen molar-refractivity contribution in [3.8, 4) is 11.8 Å². The van der Waals surface area contributed by atoms with Crippen LogP contribution in [0.25, 0.3) is 10.8 Å². The zero-order valence-corrected chi connectivity index (χ0v) is 22.2. The molecule has 3 aromatic rings. The molecule has 1 aliphatic rings. The second-order valence-corrected chi connectivity index (χ2v) is 10.0. The number of anilines is 1. The second-order valence-electron chi connectivity index (χ2n) is 9.22. The van der Waals surface area contributed by atoms with Gasteiger partial charge in [-0.15, -0.1) is 0 Å². The van der Waals surface area contributed by atoms with Gasteiger partial charge >= 0.3 is 5.97 Å². The van der Waals surface area contributed by atoms with E-state index < -0.39 is 23.3 Å². The highest BCUT2D eigenvalue weighted by molar-refractivity contribution is 7.76. The summed E-state index contributed by atoms with van der Waals surface area (Å²) < 4.78 is 24.6. The number of Topliss-reactive ketones (excluding diaryl/α,β-unsaturated/α-hetero) is 1. The molecule has 8 nitrogen and oxygen atoms in total. The number of piperazine rings is 1. The molecule has 38 heavy (non-hydrogen) atoms. The molecule has 0 aliphatic carbocycles. The van der Waals surface area contributed by atoms with E-state index in [9.17, 15) is 18.4 Å². The molecule has 1 aliphatic heterocycles. The molecule has 0 spiro atoms. The zero-order valence-electron chi connectivity index (χ0n) is 21.4. The monoisotopic (exact) mass is 532 g/mol. The molecule has 1 N–H and O–H groups in total. The lowest BCUT2D eigenvalue weighted by molar-refractivity contribution is -0.139. The molecule has 3 aromatic carbocycles. The number of nitrogens with zero attached hydrogens (tertiary/aromatic N) is 3. The van der Waals surface area contributed by atoms with Gasteiger partial charge in [-0.3, -0.25) is 13.8 Å². The first-order valence-electron chi connectivity index (χ1n) is 12.5. The summed E-state index contributed by atoms with van der Waals surface area (Å²) in [4.78, 5) is 25.5. The predicted molar refractivity (Wildman–Crippen MR) is 147 cm³/mol. The maximum Gasteiger partial charge on any atom is 0.305 e. The molecule has 0 amide bonds. The molecule has 4 rings (SSSR count). The van der Waals surface area contributed by atoms with Crippen molar-refractivity contribution in [2.24, 2.45) is 0 Å². The third-order valence-corrected chi connectivity index (χ3v) is 7.52. The van der Waals surface area contributed by atoms with Crippen molar-refractivity contribution in [2.75, 3.05) is 31.1 Å². The maximum atomic E-state index is 12.3. The molecule has 1 fully saturated rings. The Kier molecular flexibility index (Phi) is 8.92. The van der Waals surface area contributed by atoms with Crippen LogP contribution < -0.4 is 4.90 Å². The topological polar surface area (TPSA) is 104 Å². The molecule has 0 radical (unpaired) electrons. The first kappa shape index (κ1) is 27.5. The number of hydrazine groups is 1. The van der Waals surface area contributed by atoms with Gasteiger partial charge in [-0.1, -0.05) is 43.0 Å². The molecule has 1 heterocycles. The number of carboxylic acid groups (broad SMARTS) is 1. The number of aliphatic carboxylic acids is 1. The number of fused-ring (bicyclic) bond motifs is 1. The van der Waals surface area contributed by atoms with Crippen LogP contribution >= 0.6 is 0 Å². The standard InChI is InChI=1S/C29H31N3O5S/c1-3-28(33)26-6-4-5-24-12-9-23(20-27(24)26)8-7-22-10-13-25(14-11-22)30-15-17-31(18-16-30)32(38(36)37)21(2)19-29(34)35/h4-6,9-14,20-21H,3,15-19H2,1-2H3,(H,34,35)(H,36,37)/p-1. The van der Waals surface area contributed by atoms with Crippen molar-refractivity contribution in [3.05, 3.63) is 77.4 Å². The van der Waals surface area contributed by atoms with E-state index in [4.69, 9.17) is 5.11 Å². The largest absolute Gasteiger partial charge is 0.759 e. The number of carbonyl (C=O) groups is 2. The predicted octanol–water partition coefficient (Wildman–Crippen LogP) is 3.83. The zero-order chi connectivity index (χ0) is 27.2. The van der Waals surface area contributed by atoms with Crippen LogP contribution in [0.15, 0.2) is 60.7 Å². The highest BCUT2D eigenvalue weighted by Crippen LogP contribution is 2.22. The number of carboxylic acids is 1. The fraction of sp³-hybridized carbons (Fsp3) is 0.310. The minimum Gasteiger partial charge on any atom is -0.759 e. The number of hydrogen-bond acceptors (Lipinski definition) is 6. The summed E-state index contributed by atoms with van der Waals surface area (Å²) in [6.07, 6.45) is 0.199. The van der Waals surface area contributed by atoms with Gasteiger partial charge in [-0.2, -0.15) is 4.41 Å². The summed E-state index contributed by atoms with van der Waals surface area (Å²) in [6.45, 7) is 5.59. The van der Waals surface area contributed by atoms with Gasteiger partial charge in [0.05, 0.1) is 6.42 Å². The van der Waals surface area contributed by atoms with Crippen molar-refractivity contribution < 1.29 is 23.5 Å². The second kappa shape index (κ2) is 12.3. The Labute approximate surface area is 225 Å². The third kappa shape index (κ3) is 6.47. The van der Waals surface area contributed by atoms with E-state index in [2.05, 4.69) is 16.7 Å². The van der Waals surface area contributed by atoms with Gasteiger partial charge in [0.25, 0.3) is 0 Å². The molecular formula is C29H30N3O5S-. The number of benzene rings is 3. The average Bonchev–Trinajstić information content (AvgIpc) is 2.91. The SMILES string of the molecule is CCC(=O)c1cccc2ccc(C#Cc3ccc(N4CCN(N(C(C)CC(=O)O)S(=O)[O-])CC4)cc3)cc12. The minimum absolute atomic E-state index is 0.112. The summed E-state index contributed by atoms with van der Waals surface area (Å²) in [7, 11) is 0. The molecule has 0 aromatic heterocycles. The molecule has 2 unspecified atom stereocenters. The van der Waals surface area contributed by atoms with E-state index in [1.54, 1.807) is 11.9 Å². The average molecular weight is 533 g/mol. The van der Waals surface area contributed by atoms with Crippen LogP contribution in [-0.4, -0.2) is 67.3 Å². The lowest BCUT2D eigenvalue weighted by Gasteiger charge is -2.44.